The number of ketones is 1. The minimum atomic E-state index is -1.39. The zero-order valence-corrected chi connectivity index (χ0v) is 35.0. The summed E-state index contributed by atoms with van der Waals surface area (Å²) in [5, 5.41) is 5.39. The lowest BCUT2D eigenvalue weighted by molar-refractivity contribution is -0.164. The molecule has 1 unspecified atom stereocenters. The van der Waals surface area contributed by atoms with Crippen molar-refractivity contribution in [2.75, 3.05) is 14.2 Å². The van der Waals surface area contributed by atoms with Crippen LogP contribution in [0.4, 0.5) is 0 Å². The van der Waals surface area contributed by atoms with Crippen LogP contribution in [0.25, 0.3) is 0 Å². The van der Waals surface area contributed by atoms with Gasteiger partial charge in [0.1, 0.15) is 6.04 Å². The number of ether oxygens (including phenoxy) is 2. The van der Waals surface area contributed by atoms with E-state index in [0.717, 1.165) is 70.6 Å². The van der Waals surface area contributed by atoms with Crippen LogP contribution in [0.3, 0.4) is 0 Å². The summed E-state index contributed by atoms with van der Waals surface area (Å²) in [6, 6.07) is -2.17. The molecule has 56 heavy (non-hydrogen) atoms. The summed E-state index contributed by atoms with van der Waals surface area (Å²) in [4.78, 5) is 51.2. The number of hydrogen-bond donors (Lipinski definition) is 2. The van der Waals surface area contributed by atoms with Gasteiger partial charge in [0.15, 0.2) is 17.9 Å². The van der Waals surface area contributed by atoms with Crippen LogP contribution in [-0.4, -0.2) is 56.0 Å². The highest BCUT2D eigenvalue weighted by molar-refractivity contribution is 5.93. The molecule has 0 spiro atoms. The number of rotatable bonds is 33. The molecule has 0 aliphatic rings. The topological polar surface area (TPSA) is 111 Å². The zero-order chi connectivity index (χ0) is 41.3. The van der Waals surface area contributed by atoms with Gasteiger partial charge in [-0.2, -0.15) is 0 Å². The number of likely N-dealkylation sites (N-methyl/N-ethyl adjacent to an activating group) is 1. The van der Waals surface area contributed by atoms with Crippen molar-refractivity contribution in [2.45, 2.75) is 142 Å². The SMILES string of the molecule is CCC=CCC=CCC=CCC=CCC=CCCCC(=O)NC(C)C(=O)O[C@H](C(=O)CCCC=CCC=CCC=CCC=CCC=CCC)[C@H](NC)C(=O)OC. The molecule has 0 radical (unpaired) electrons. The van der Waals surface area contributed by atoms with Crippen LogP contribution in [0.2, 0.25) is 0 Å². The number of amides is 1. The van der Waals surface area contributed by atoms with Crippen LogP contribution in [0.15, 0.2) is 122 Å². The van der Waals surface area contributed by atoms with Gasteiger partial charge in [-0.05, 0) is 104 Å². The molecule has 0 saturated carbocycles. The third-order valence-corrected chi connectivity index (χ3v) is 8.24. The lowest BCUT2D eigenvalue weighted by atomic mass is 10.0. The summed E-state index contributed by atoms with van der Waals surface area (Å²) in [7, 11) is 2.70. The van der Waals surface area contributed by atoms with E-state index in [4.69, 9.17) is 9.47 Å². The zero-order valence-electron chi connectivity index (χ0n) is 35.0. The second-order valence-electron chi connectivity index (χ2n) is 13.1. The molecule has 0 saturated heterocycles. The maximum absolute atomic E-state index is 13.2. The van der Waals surface area contributed by atoms with E-state index in [-0.39, 0.29) is 18.7 Å². The van der Waals surface area contributed by atoms with Gasteiger partial charge in [0, 0.05) is 12.8 Å². The number of carbonyl (C=O) groups is 4. The Bertz CT molecular complexity index is 1360. The first-order valence-corrected chi connectivity index (χ1v) is 20.6. The summed E-state index contributed by atoms with van der Waals surface area (Å²) in [5.41, 5.74) is 0. The number of methoxy groups -OCH3 is 1. The number of unbranched alkanes of at least 4 members (excludes halogenated alkanes) is 2. The molecule has 2 N–H and O–H groups in total. The Morgan fingerprint density at radius 3 is 1.23 bits per heavy atom. The summed E-state index contributed by atoms with van der Waals surface area (Å²) < 4.78 is 10.4. The Morgan fingerprint density at radius 1 is 0.518 bits per heavy atom. The number of Topliss-reactive ketones (excluding diaryl/α,β-unsaturated/α-hetero) is 1. The Hall–Kier alpha value is -4.56. The highest BCUT2D eigenvalue weighted by atomic mass is 16.6. The standard InChI is InChI=1S/C48H72N2O6/c1-6-8-10-12-14-16-18-20-22-24-26-28-30-32-34-36-38-40-43(51)46(45(49-4)48(54)55-5)56-47(53)42(3)50-44(52)41-39-37-35-33-31-29-27-25-23-21-19-17-15-13-11-9-7-2/h8-11,14-17,20-23,26-29,32-35,42,45-46,49H,6-7,12-13,18-19,24-25,30-31,36-41H2,1-5H3,(H,50,52)/t42?,45-,46+/m0/s1. The molecular weight excluding hydrogens is 701 g/mol. The van der Waals surface area contributed by atoms with Crippen molar-refractivity contribution in [3.8, 4) is 0 Å². The lowest BCUT2D eigenvalue weighted by Crippen LogP contribution is -2.52. The molecule has 0 aromatic rings. The Kier molecular flexibility index (Phi) is 35.6. The molecule has 1 amide bonds. The molecule has 0 aromatic carbocycles. The second kappa shape index (κ2) is 38.7. The van der Waals surface area contributed by atoms with E-state index in [1.165, 1.54) is 21.1 Å². The van der Waals surface area contributed by atoms with Gasteiger partial charge in [-0.1, -0.05) is 135 Å². The fourth-order valence-corrected chi connectivity index (χ4v) is 5.09. The normalized spacial score (nSPS) is 14.4. The second-order valence-corrected chi connectivity index (χ2v) is 13.1. The van der Waals surface area contributed by atoms with E-state index in [1.54, 1.807) is 0 Å². The van der Waals surface area contributed by atoms with Gasteiger partial charge in [0.25, 0.3) is 0 Å². The van der Waals surface area contributed by atoms with Crippen molar-refractivity contribution in [3.05, 3.63) is 122 Å². The van der Waals surface area contributed by atoms with Gasteiger partial charge in [-0.25, -0.2) is 4.79 Å². The van der Waals surface area contributed by atoms with Gasteiger partial charge in [-0.15, -0.1) is 0 Å². The minimum absolute atomic E-state index is 0.109. The number of esters is 2. The number of carbonyl (C=O) groups excluding carboxylic acids is 4. The lowest BCUT2D eigenvalue weighted by Gasteiger charge is -2.25. The largest absolute Gasteiger partial charge is 0.468 e. The molecule has 3 atom stereocenters. The summed E-state index contributed by atoms with van der Waals surface area (Å²) >= 11 is 0. The van der Waals surface area contributed by atoms with Crippen molar-refractivity contribution in [3.63, 3.8) is 0 Å². The quantitative estimate of drug-likeness (QED) is 0.0388. The minimum Gasteiger partial charge on any atom is -0.468 e. The third kappa shape index (κ3) is 30.7. The van der Waals surface area contributed by atoms with E-state index in [9.17, 15) is 19.2 Å². The van der Waals surface area contributed by atoms with Gasteiger partial charge in [0.05, 0.1) is 7.11 Å². The highest BCUT2D eigenvalue weighted by Gasteiger charge is 2.37. The van der Waals surface area contributed by atoms with Gasteiger partial charge in [0.2, 0.25) is 5.91 Å². The molecule has 8 nitrogen and oxygen atoms in total. The van der Waals surface area contributed by atoms with Gasteiger partial charge < -0.3 is 20.1 Å². The first kappa shape index (κ1) is 51.4. The molecule has 0 rings (SSSR count). The molecule has 8 heteroatoms. The summed E-state index contributed by atoms with van der Waals surface area (Å²) in [6.45, 7) is 5.77. The number of hydrogen-bond acceptors (Lipinski definition) is 7. The van der Waals surface area contributed by atoms with Crippen molar-refractivity contribution < 1.29 is 28.7 Å². The molecule has 310 valence electrons. The van der Waals surface area contributed by atoms with Crippen LogP contribution in [0.5, 0.6) is 0 Å². The summed E-state index contributed by atoms with van der Waals surface area (Å²) in [6.07, 6.45) is 53.6. The van der Waals surface area contributed by atoms with Crippen LogP contribution >= 0.6 is 0 Å². The molecule has 0 aromatic heterocycles. The predicted octanol–water partition coefficient (Wildman–Crippen LogP) is 10.6. The van der Waals surface area contributed by atoms with E-state index >= 15 is 0 Å². The third-order valence-electron chi connectivity index (χ3n) is 8.24. The van der Waals surface area contributed by atoms with Crippen molar-refractivity contribution in [1.82, 2.24) is 10.6 Å². The average Bonchev–Trinajstić information content (AvgIpc) is 3.19. The van der Waals surface area contributed by atoms with Gasteiger partial charge >= 0.3 is 11.9 Å². The highest BCUT2D eigenvalue weighted by Crippen LogP contribution is 2.12. The maximum atomic E-state index is 13.2. The van der Waals surface area contributed by atoms with Crippen LogP contribution in [0.1, 0.15) is 124 Å². The van der Waals surface area contributed by atoms with Crippen LogP contribution < -0.4 is 10.6 Å². The Labute approximate surface area is 339 Å². The van der Waals surface area contributed by atoms with Crippen molar-refractivity contribution in [2.24, 2.45) is 0 Å². The predicted molar refractivity (Wildman–Crippen MR) is 234 cm³/mol. The van der Waals surface area contributed by atoms with E-state index < -0.39 is 35.9 Å². The fourth-order valence-electron chi connectivity index (χ4n) is 5.09. The number of nitrogens with one attached hydrogen (secondary N) is 2. The number of allylic oxidation sites excluding steroid dienone is 20. The molecule has 0 aliphatic heterocycles. The first-order valence-electron chi connectivity index (χ1n) is 20.6. The molecule has 0 aliphatic carbocycles. The maximum Gasteiger partial charge on any atom is 0.329 e. The molecular formula is C48H72N2O6. The monoisotopic (exact) mass is 773 g/mol. The van der Waals surface area contributed by atoms with Crippen molar-refractivity contribution >= 4 is 23.6 Å². The average molecular weight is 773 g/mol. The Morgan fingerprint density at radius 2 is 0.875 bits per heavy atom. The first-order chi connectivity index (χ1) is 27.3. The van der Waals surface area contributed by atoms with Crippen LogP contribution in [-0.2, 0) is 28.7 Å². The molecule has 0 bridgehead atoms. The van der Waals surface area contributed by atoms with Gasteiger partial charge in [-0.3, -0.25) is 14.4 Å². The van der Waals surface area contributed by atoms with E-state index in [0.29, 0.717) is 19.3 Å². The smallest absolute Gasteiger partial charge is 0.329 e. The molecule has 0 heterocycles. The van der Waals surface area contributed by atoms with Crippen LogP contribution in [0, 0.1) is 0 Å². The van der Waals surface area contributed by atoms with E-state index in [2.05, 4.69) is 128 Å². The summed E-state index contributed by atoms with van der Waals surface area (Å²) in [5.74, 6) is -2.20. The molecule has 0 fully saturated rings. The Balaban J connectivity index is 4.58. The van der Waals surface area contributed by atoms with Crippen molar-refractivity contribution in [1.29, 1.82) is 0 Å². The fraction of sp³-hybridized carbons (Fsp3) is 0.500. The van der Waals surface area contributed by atoms with E-state index in [1.807, 2.05) is 18.2 Å².